The first-order valence-corrected chi connectivity index (χ1v) is 13.5. The Bertz CT molecular complexity index is 1460. The molecule has 0 aliphatic rings. The van der Waals surface area contributed by atoms with Crippen molar-refractivity contribution in [2.45, 2.75) is 31.4 Å². The van der Waals surface area contributed by atoms with Crippen LogP contribution < -0.4 is 15.7 Å². The van der Waals surface area contributed by atoms with Gasteiger partial charge in [0.2, 0.25) is 15.9 Å². The van der Waals surface area contributed by atoms with Crippen molar-refractivity contribution in [3.8, 4) is 11.4 Å². The van der Waals surface area contributed by atoms with Gasteiger partial charge in [-0.15, -0.1) is 5.10 Å². The van der Waals surface area contributed by atoms with Gasteiger partial charge < -0.3 is 10.4 Å². The number of halogens is 5. The van der Waals surface area contributed by atoms with Gasteiger partial charge in [-0.1, -0.05) is 41.4 Å². The summed E-state index contributed by atoms with van der Waals surface area (Å²) in [5.41, 5.74) is -0.491. The third-order valence-corrected chi connectivity index (χ3v) is 6.50. The Hall–Kier alpha value is -2.91. The number of nitrogens with zero attached hydrogens (tertiary/aromatic N) is 3. The van der Waals surface area contributed by atoms with Crippen LogP contribution in [0, 0.1) is 0 Å². The maximum absolute atomic E-state index is 13.0. The highest BCUT2D eigenvalue weighted by Gasteiger charge is 2.39. The summed E-state index contributed by atoms with van der Waals surface area (Å²) in [5, 5.41) is 16.7. The molecule has 0 radical (unpaired) electrons. The second-order valence-electron chi connectivity index (χ2n) is 8.20. The molecule has 38 heavy (non-hydrogen) atoms. The Balaban J connectivity index is 1.93. The zero-order valence-corrected chi connectivity index (χ0v) is 21.9. The Kier molecular flexibility index (Phi) is 9.26. The van der Waals surface area contributed by atoms with Crippen molar-refractivity contribution in [3.05, 3.63) is 74.6 Å². The molecule has 10 nitrogen and oxygen atoms in total. The molecule has 1 aromatic heterocycles. The SMILES string of the molecule is CS(=O)(=O)NCC(NC(=O)Cn1nc(-c2ccc(Cl)cc2)n(CC(O)C(F)(F)F)c1=O)c1ccccc1Cl. The van der Waals surface area contributed by atoms with E-state index in [1.807, 2.05) is 0 Å². The second kappa shape index (κ2) is 11.9. The third kappa shape index (κ3) is 7.80. The van der Waals surface area contributed by atoms with E-state index in [0.29, 0.717) is 19.8 Å². The lowest BCUT2D eigenvalue weighted by molar-refractivity contribution is -0.207. The van der Waals surface area contributed by atoms with Gasteiger partial charge >= 0.3 is 11.9 Å². The largest absolute Gasteiger partial charge is 0.416 e. The Labute approximate surface area is 225 Å². The van der Waals surface area contributed by atoms with E-state index in [0.717, 1.165) is 6.26 Å². The average Bonchev–Trinajstić information content (AvgIpc) is 3.11. The monoisotopic (exact) mass is 595 g/mol. The molecule has 1 heterocycles. The van der Waals surface area contributed by atoms with Gasteiger partial charge in [-0.3, -0.25) is 9.36 Å². The van der Waals surface area contributed by atoms with Gasteiger partial charge in [-0.2, -0.15) is 13.2 Å². The van der Waals surface area contributed by atoms with Crippen LogP contribution in [0.2, 0.25) is 10.0 Å². The van der Waals surface area contributed by atoms with E-state index in [2.05, 4.69) is 15.1 Å². The molecule has 3 N–H and O–H groups in total. The number of sulfonamides is 1. The molecule has 0 saturated heterocycles. The fourth-order valence-electron chi connectivity index (χ4n) is 3.40. The number of aliphatic hydroxyl groups is 1. The van der Waals surface area contributed by atoms with E-state index in [4.69, 9.17) is 23.2 Å². The first-order chi connectivity index (χ1) is 17.7. The predicted molar refractivity (Wildman–Crippen MR) is 134 cm³/mol. The van der Waals surface area contributed by atoms with Crippen molar-refractivity contribution in [1.82, 2.24) is 24.4 Å². The lowest BCUT2D eigenvalue weighted by Crippen LogP contribution is -2.41. The van der Waals surface area contributed by atoms with Gasteiger partial charge in [-0.25, -0.2) is 22.6 Å². The van der Waals surface area contributed by atoms with Gasteiger partial charge in [0, 0.05) is 22.2 Å². The number of nitrogens with one attached hydrogen (secondary N) is 2. The molecular weight excluding hydrogens is 574 g/mol. The zero-order chi connectivity index (χ0) is 28.3. The molecule has 0 saturated carbocycles. The van der Waals surface area contributed by atoms with Crippen LogP contribution in [0.25, 0.3) is 11.4 Å². The molecule has 0 bridgehead atoms. The molecular formula is C22H22Cl2F3N5O5S. The number of aliphatic hydroxyl groups excluding tert-OH is 1. The number of amides is 1. The first kappa shape index (κ1) is 29.6. The molecule has 0 fully saturated rings. The van der Waals surface area contributed by atoms with Crippen molar-refractivity contribution in [1.29, 1.82) is 0 Å². The molecule has 3 aromatic rings. The number of hydrogen-bond acceptors (Lipinski definition) is 6. The molecule has 2 atom stereocenters. The van der Waals surface area contributed by atoms with Gasteiger partial charge in [0.05, 0.1) is 18.8 Å². The highest BCUT2D eigenvalue weighted by molar-refractivity contribution is 7.88. The van der Waals surface area contributed by atoms with Crippen LogP contribution in [0.15, 0.2) is 53.3 Å². The van der Waals surface area contributed by atoms with E-state index in [1.54, 1.807) is 18.2 Å². The van der Waals surface area contributed by atoms with E-state index >= 15 is 0 Å². The molecule has 0 aliphatic heterocycles. The van der Waals surface area contributed by atoms with Crippen LogP contribution in [-0.4, -0.2) is 58.9 Å². The quantitative estimate of drug-likeness (QED) is 0.329. The van der Waals surface area contributed by atoms with Gasteiger partial charge in [0.1, 0.15) is 6.54 Å². The van der Waals surface area contributed by atoms with Crippen molar-refractivity contribution < 1.29 is 31.5 Å². The summed E-state index contributed by atoms with van der Waals surface area (Å²) in [4.78, 5) is 25.8. The van der Waals surface area contributed by atoms with Crippen LogP contribution in [-0.2, 0) is 27.9 Å². The highest BCUT2D eigenvalue weighted by Crippen LogP contribution is 2.25. The van der Waals surface area contributed by atoms with Crippen LogP contribution in [0.5, 0.6) is 0 Å². The molecule has 2 unspecified atom stereocenters. The molecule has 0 aliphatic carbocycles. The molecule has 0 spiro atoms. The summed E-state index contributed by atoms with van der Waals surface area (Å²) in [7, 11) is -3.64. The van der Waals surface area contributed by atoms with Crippen LogP contribution >= 0.6 is 23.2 Å². The standard InChI is InChI=1S/C22H22Cl2F3N5O5S/c1-38(36,37)28-10-17(15-4-2-3-5-16(15)24)29-19(34)12-32-21(35)31(11-18(33)22(25,26)27)20(30-32)13-6-8-14(23)9-7-13/h2-9,17-18,28,33H,10-12H2,1H3,(H,29,34). The highest BCUT2D eigenvalue weighted by atomic mass is 35.5. The number of rotatable bonds is 10. The summed E-state index contributed by atoms with van der Waals surface area (Å²) in [6.07, 6.45) is -6.95. The van der Waals surface area contributed by atoms with Crippen LogP contribution in [0.1, 0.15) is 11.6 Å². The van der Waals surface area contributed by atoms with Gasteiger partial charge in [0.15, 0.2) is 11.9 Å². The summed E-state index contributed by atoms with van der Waals surface area (Å²) < 4.78 is 65.8. The number of hydrogen-bond donors (Lipinski definition) is 3. The smallest absolute Gasteiger partial charge is 0.382 e. The summed E-state index contributed by atoms with van der Waals surface area (Å²) >= 11 is 12.1. The fourth-order valence-corrected chi connectivity index (χ4v) is 4.27. The van der Waals surface area contributed by atoms with Crippen molar-refractivity contribution in [2.24, 2.45) is 0 Å². The zero-order valence-electron chi connectivity index (χ0n) is 19.6. The number of carbonyl (C=O) groups excluding carboxylic acids is 1. The van der Waals surface area contributed by atoms with Gasteiger partial charge in [0.25, 0.3) is 0 Å². The topological polar surface area (TPSA) is 135 Å². The second-order valence-corrected chi connectivity index (χ2v) is 10.9. The van der Waals surface area contributed by atoms with Crippen LogP contribution in [0.4, 0.5) is 13.2 Å². The molecule has 2 aromatic carbocycles. The molecule has 206 valence electrons. The molecule has 1 amide bonds. The van der Waals surface area contributed by atoms with Crippen molar-refractivity contribution in [2.75, 3.05) is 12.8 Å². The van der Waals surface area contributed by atoms with Crippen molar-refractivity contribution >= 4 is 39.1 Å². The minimum atomic E-state index is -5.01. The maximum atomic E-state index is 13.0. The normalized spacial score (nSPS) is 13.8. The van der Waals surface area contributed by atoms with Gasteiger partial charge in [-0.05, 0) is 35.9 Å². The number of benzene rings is 2. The van der Waals surface area contributed by atoms with E-state index in [1.165, 1.54) is 30.3 Å². The number of alkyl halides is 3. The first-order valence-electron chi connectivity index (χ1n) is 10.8. The minimum absolute atomic E-state index is 0.214. The predicted octanol–water partition coefficient (Wildman–Crippen LogP) is 2.35. The Morgan fingerprint density at radius 3 is 2.34 bits per heavy atom. The lowest BCUT2D eigenvalue weighted by atomic mass is 10.1. The Morgan fingerprint density at radius 1 is 1.13 bits per heavy atom. The third-order valence-electron chi connectivity index (χ3n) is 5.22. The number of aromatic nitrogens is 3. The van der Waals surface area contributed by atoms with E-state index < -0.39 is 53.0 Å². The van der Waals surface area contributed by atoms with E-state index in [9.17, 15) is 36.3 Å². The van der Waals surface area contributed by atoms with Crippen molar-refractivity contribution in [3.63, 3.8) is 0 Å². The van der Waals surface area contributed by atoms with E-state index in [-0.39, 0.29) is 23.0 Å². The summed E-state index contributed by atoms with van der Waals surface area (Å²) in [5.74, 6) is -1.04. The molecule has 3 rings (SSSR count). The maximum Gasteiger partial charge on any atom is 0.416 e. The number of carbonyl (C=O) groups is 1. The summed E-state index contributed by atoms with van der Waals surface area (Å²) in [6.45, 7) is -2.16. The van der Waals surface area contributed by atoms with Crippen LogP contribution in [0.3, 0.4) is 0 Å². The molecule has 16 heteroatoms. The minimum Gasteiger partial charge on any atom is -0.382 e. The lowest BCUT2D eigenvalue weighted by Gasteiger charge is -2.20. The fraction of sp³-hybridized carbons (Fsp3) is 0.318. The Morgan fingerprint density at radius 2 is 1.76 bits per heavy atom. The average molecular weight is 596 g/mol. The summed E-state index contributed by atoms with van der Waals surface area (Å²) in [6, 6.07) is 11.1.